The van der Waals surface area contributed by atoms with Gasteiger partial charge in [-0.1, -0.05) is 5.16 Å². The first-order valence-corrected chi connectivity index (χ1v) is 9.74. The predicted molar refractivity (Wildman–Crippen MR) is 99.6 cm³/mol. The quantitative estimate of drug-likeness (QED) is 0.721. The number of alkyl halides is 1. The molecule has 0 aromatic carbocycles. The molecule has 1 fully saturated rings. The second-order valence-corrected chi connectivity index (χ2v) is 8.05. The number of anilines is 1. The van der Waals surface area contributed by atoms with E-state index < -0.39 is 6.04 Å². The summed E-state index contributed by atoms with van der Waals surface area (Å²) in [5.41, 5.74) is 1.14. The third-order valence-electron chi connectivity index (χ3n) is 5.67. The summed E-state index contributed by atoms with van der Waals surface area (Å²) in [6.45, 7) is 1.75. The van der Waals surface area contributed by atoms with E-state index in [4.69, 9.17) is 20.9 Å². The molecule has 0 spiro atoms. The van der Waals surface area contributed by atoms with E-state index in [0.29, 0.717) is 30.0 Å². The Hall–Kier alpha value is -2.67. The second-order valence-electron chi connectivity index (χ2n) is 7.43. The lowest BCUT2D eigenvalue weighted by atomic mass is 9.77. The molecule has 2 aromatic rings. The third-order valence-corrected chi connectivity index (χ3v) is 6.06. The Morgan fingerprint density at radius 1 is 1.21 bits per heavy atom. The fourth-order valence-electron chi connectivity index (χ4n) is 4.38. The molecule has 0 radical (unpaired) electrons. The van der Waals surface area contributed by atoms with Crippen LogP contribution in [0.1, 0.15) is 36.6 Å². The first kappa shape index (κ1) is 17.4. The van der Waals surface area contributed by atoms with Crippen LogP contribution < -0.4 is 4.90 Å². The molecule has 2 aromatic heterocycles. The van der Waals surface area contributed by atoms with Gasteiger partial charge in [0.25, 0.3) is 5.91 Å². The number of ether oxygens (including phenoxy) is 1. The molecule has 8 heteroatoms. The molecule has 4 heterocycles. The summed E-state index contributed by atoms with van der Waals surface area (Å²) < 4.78 is 11.3. The van der Waals surface area contributed by atoms with Crippen LogP contribution in [-0.2, 0) is 14.3 Å². The van der Waals surface area contributed by atoms with Crippen molar-refractivity contribution >= 4 is 29.1 Å². The Morgan fingerprint density at radius 2 is 2.00 bits per heavy atom. The maximum Gasteiger partial charge on any atom is 0.295 e. The largest absolute Gasteiger partial charge is 0.483 e. The van der Waals surface area contributed by atoms with Gasteiger partial charge in [0.2, 0.25) is 0 Å². The molecule has 0 N–H and O–H groups in total. The summed E-state index contributed by atoms with van der Waals surface area (Å²) >= 11 is 6.32. The lowest BCUT2D eigenvalue weighted by Crippen LogP contribution is -2.41. The van der Waals surface area contributed by atoms with E-state index in [1.54, 1.807) is 37.5 Å². The summed E-state index contributed by atoms with van der Waals surface area (Å²) in [6, 6.07) is 4.63. The molecule has 3 aliphatic rings. The maximum absolute atomic E-state index is 13.5. The van der Waals surface area contributed by atoms with Gasteiger partial charge in [-0.05, 0) is 43.9 Å². The molecule has 4 atom stereocenters. The van der Waals surface area contributed by atoms with E-state index >= 15 is 0 Å². The number of fused-ring (bicyclic) bond motifs is 1. The van der Waals surface area contributed by atoms with Crippen molar-refractivity contribution in [2.45, 2.75) is 43.7 Å². The highest BCUT2D eigenvalue weighted by atomic mass is 35.5. The Bertz CT molecular complexity index is 986. The average Bonchev–Trinajstić information content (AvgIpc) is 3.24. The third kappa shape index (κ3) is 2.57. The zero-order valence-electron chi connectivity index (χ0n) is 15.2. The molecular formula is C20H18ClN3O4. The number of amides is 1. The van der Waals surface area contributed by atoms with Crippen molar-refractivity contribution in [1.82, 2.24) is 10.1 Å². The molecule has 144 valence electrons. The van der Waals surface area contributed by atoms with Gasteiger partial charge in [0.05, 0.1) is 17.5 Å². The van der Waals surface area contributed by atoms with Crippen molar-refractivity contribution in [3.05, 3.63) is 53.2 Å². The Balaban J connectivity index is 1.64. The van der Waals surface area contributed by atoms with Gasteiger partial charge in [0.15, 0.2) is 17.4 Å². The molecule has 1 amide bonds. The maximum atomic E-state index is 13.5. The van der Waals surface area contributed by atoms with Crippen molar-refractivity contribution in [3.63, 3.8) is 0 Å². The molecule has 2 aliphatic heterocycles. The smallest absolute Gasteiger partial charge is 0.295 e. The van der Waals surface area contributed by atoms with Gasteiger partial charge in [-0.15, -0.1) is 11.6 Å². The molecule has 28 heavy (non-hydrogen) atoms. The van der Waals surface area contributed by atoms with Gasteiger partial charge in [-0.3, -0.25) is 19.5 Å². The number of carbonyl (C=O) groups is 2. The monoisotopic (exact) mass is 399 g/mol. The molecule has 5 rings (SSSR count). The number of aromatic nitrogens is 2. The van der Waals surface area contributed by atoms with Gasteiger partial charge in [0, 0.05) is 23.8 Å². The zero-order chi connectivity index (χ0) is 19.4. The van der Waals surface area contributed by atoms with E-state index in [0.717, 1.165) is 12.0 Å². The van der Waals surface area contributed by atoms with Crippen LogP contribution in [0.2, 0.25) is 0 Å². The molecule has 4 unspecified atom stereocenters. The zero-order valence-corrected chi connectivity index (χ0v) is 15.9. The van der Waals surface area contributed by atoms with Gasteiger partial charge >= 0.3 is 0 Å². The number of ketones is 1. The number of nitrogens with zero attached hydrogens (tertiary/aromatic N) is 3. The van der Waals surface area contributed by atoms with Gasteiger partial charge in [-0.25, -0.2) is 0 Å². The molecule has 0 saturated heterocycles. The van der Waals surface area contributed by atoms with Gasteiger partial charge in [0.1, 0.15) is 11.9 Å². The van der Waals surface area contributed by atoms with Crippen LogP contribution in [0, 0.1) is 12.8 Å². The minimum absolute atomic E-state index is 0.0540. The minimum atomic E-state index is -0.626. The lowest BCUT2D eigenvalue weighted by Gasteiger charge is -2.37. The summed E-state index contributed by atoms with van der Waals surface area (Å²) in [4.78, 5) is 32.3. The fourth-order valence-corrected chi connectivity index (χ4v) is 4.70. The SMILES string of the molecule is Cc1cc(N2C(=O)C3=C(C(=O)C4CC(Cl)CCC4O3)C2c2ccncc2)no1. The number of aryl methyl sites for hydroxylation is 1. The van der Waals surface area contributed by atoms with Gasteiger partial charge in [-0.2, -0.15) is 0 Å². The van der Waals surface area contributed by atoms with Crippen molar-refractivity contribution in [2.75, 3.05) is 4.90 Å². The number of pyridine rings is 1. The lowest BCUT2D eigenvalue weighted by molar-refractivity contribution is -0.131. The van der Waals surface area contributed by atoms with E-state index in [1.165, 1.54) is 4.90 Å². The van der Waals surface area contributed by atoms with E-state index in [-0.39, 0.29) is 34.8 Å². The fraction of sp³-hybridized carbons (Fsp3) is 0.400. The van der Waals surface area contributed by atoms with Crippen LogP contribution in [0.25, 0.3) is 0 Å². The summed E-state index contributed by atoms with van der Waals surface area (Å²) in [6.07, 6.45) is 4.96. The average molecular weight is 400 g/mol. The number of Topliss-reactive ketones (excluding diaryl/α,β-unsaturated/α-hetero) is 1. The van der Waals surface area contributed by atoms with Crippen LogP contribution in [0.5, 0.6) is 0 Å². The number of halogens is 1. The van der Waals surface area contributed by atoms with Crippen LogP contribution in [-0.4, -0.2) is 33.3 Å². The highest BCUT2D eigenvalue weighted by molar-refractivity contribution is 6.21. The highest BCUT2D eigenvalue weighted by Crippen LogP contribution is 2.48. The molecule has 7 nitrogen and oxygen atoms in total. The van der Waals surface area contributed by atoms with Crippen LogP contribution in [0.4, 0.5) is 5.82 Å². The van der Waals surface area contributed by atoms with E-state index in [2.05, 4.69) is 10.1 Å². The van der Waals surface area contributed by atoms with Crippen LogP contribution in [0.3, 0.4) is 0 Å². The normalized spacial score (nSPS) is 29.6. The number of rotatable bonds is 2. The molecular weight excluding hydrogens is 382 g/mol. The number of hydrogen-bond donors (Lipinski definition) is 0. The summed E-state index contributed by atoms with van der Waals surface area (Å²) in [5, 5.41) is 3.96. The predicted octanol–water partition coefficient (Wildman–Crippen LogP) is 3.10. The van der Waals surface area contributed by atoms with Crippen molar-refractivity contribution < 1.29 is 18.8 Å². The van der Waals surface area contributed by atoms with E-state index in [1.807, 2.05) is 0 Å². The topological polar surface area (TPSA) is 85.5 Å². The molecule has 0 bridgehead atoms. The molecule has 1 aliphatic carbocycles. The molecule has 1 saturated carbocycles. The number of hydrogen-bond acceptors (Lipinski definition) is 6. The summed E-state index contributed by atoms with van der Waals surface area (Å²) in [7, 11) is 0. The van der Waals surface area contributed by atoms with E-state index in [9.17, 15) is 9.59 Å². The Morgan fingerprint density at radius 3 is 2.71 bits per heavy atom. The van der Waals surface area contributed by atoms with Crippen molar-refractivity contribution in [1.29, 1.82) is 0 Å². The first-order chi connectivity index (χ1) is 13.5. The first-order valence-electron chi connectivity index (χ1n) is 9.30. The van der Waals surface area contributed by atoms with Crippen molar-refractivity contribution in [2.24, 2.45) is 5.92 Å². The van der Waals surface area contributed by atoms with Gasteiger partial charge < -0.3 is 9.26 Å². The highest BCUT2D eigenvalue weighted by Gasteiger charge is 2.53. The minimum Gasteiger partial charge on any atom is -0.483 e. The second kappa shape index (κ2) is 6.44. The number of carbonyl (C=O) groups excluding carboxylic acids is 2. The van der Waals surface area contributed by atoms with Crippen molar-refractivity contribution in [3.8, 4) is 0 Å². The summed E-state index contributed by atoms with van der Waals surface area (Å²) in [5.74, 6) is 0.299. The standard InChI is InChI=1S/C20H18ClN3O4/c1-10-8-15(23-28-10)24-17(11-4-6-22-7-5-11)16-18(25)13-9-12(21)2-3-14(13)27-19(16)20(24)26/h4-8,12-14,17H,2-3,9H2,1H3. The van der Waals surface area contributed by atoms with Crippen LogP contribution in [0.15, 0.2) is 46.4 Å². The Kier molecular flexibility index (Phi) is 4.01. The Labute approximate surface area is 166 Å². The van der Waals surface area contributed by atoms with Crippen LogP contribution >= 0.6 is 11.6 Å².